The van der Waals surface area contributed by atoms with Gasteiger partial charge in [0.1, 0.15) is 17.2 Å². The van der Waals surface area contributed by atoms with E-state index in [1.807, 2.05) is 36.4 Å². The number of benzene rings is 2. The van der Waals surface area contributed by atoms with Crippen molar-refractivity contribution in [1.82, 2.24) is 9.97 Å². The number of nitrogens with zero attached hydrogens (tertiary/aromatic N) is 4. The van der Waals surface area contributed by atoms with Crippen LogP contribution in [0.15, 0.2) is 60.9 Å². The fraction of sp³-hybridized carbons (Fsp3) is 0.227. The number of nitro groups is 1. The quantitative estimate of drug-likeness (QED) is 0.463. The molecule has 0 aliphatic carbocycles. The predicted molar refractivity (Wildman–Crippen MR) is 119 cm³/mol. The minimum absolute atomic E-state index is 0.0322. The third-order valence-corrected chi connectivity index (χ3v) is 5.57. The zero-order valence-corrected chi connectivity index (χ0v) is 17.3. The van der Waals surface area contributed by atoms with Gasteiger partial charge in [0.2, 0.25) is 5.91 Å². The predicted octanol–water partition coefficient (Wildman–Crippen LogP) is 4.56. The number of hydrogen-bond donors (Lipinski definition) is 1. The SMILES string of the molecule is O=C(Nc1ccc(Cl)c([N+](=O)[O-])c1)C1CCCN(c2cc(-c3ccccc3)ncn2)C1. The smallest absolute Gasteiger partial charge is 0.289 e. The second kappa shape index (κ2) is 9.09. The molecule has 158 valence electrons. The Balaban J connectivity index is 1.47. The molecule has 2 heterocycles. The summed E-state index contributed by atoms with van der Waals surface area (Å²) in [5, 5.41) is 13.9. The summed E-state index contributed by atoms with van der Waals surface area (Å²) in [6, 6.07) is 16.0. The van der Waals surface area contributed by atoms with E-state index in [0.717, 1.165) is 36.5 Å². The zero-order chi connectivity index (χ0) is 21.8. The molecule has 0 spiro atoms. The lowest BCUT2D eigenvalue weighted by atomic mass is 9.97. The Hall–Kier alpha value is -3.52. The summed E-state index contributed by atoms with van der Waals surface area (Å²) in [5.74, 6) is 0.325. The maximum absolute atomic E-state index is 12.8. The lowest BCUT2D eigenvalue weighted by Crippen LogP contribution is -2.41. The second-order valence-electron chi connectivity index (χ2n) is 7.33. The Morgan fingerprint density at radius 2 is 1.97 bits per heavy atom. The first-order valence-electron chi connectivity index (χ1n) is 9.88. The van der Waals surface area contributed by atoms with Crippen LogP contribution in [-0.2, 0) is 4.79 Å². The van der Waals surface area contributed by atoms with Gasteiger partial charge < -0.3 is 10.2 Å². The van der Waals surface area contributed by atoms with Gasteiger partial charge in [-0.2, -0.15) is 0 Å². The summed E-state index contributed by atoms with van der Waals surface area (Å²) < 4.78 is 0. The van der Waals surface area contributed by atoms with E-state index in [9.17, 15) is 14.9 Å². The molecule has 1 saturated heterocycles. The molecule has 0 radical (unpaired) electrons. The number of hydrogen-bond acceptors (Lipinski definition) is 6. The summed E-state index contributed by atoms with van der Waals surface area (Å²) in [7, 11) is 0. The average Bonchev–Trinajstić information content (AvgIpc) is 2.81. The van der Waals surface area contributed by atoms with E-state index in [2.05, 4.69) is 20.2 Å². The molecule has 31 heavy (non-hydrogen) atoms. The van der Waals surface area contributed by atoms with Crippen LogP contribution in [-0.4, -0.2) is 33.9 Å². The minimum Gasteiger partial charge on any atom is -0.356 e. The molecule has 1 fully saturated rings. The van der Waals surface area contributed by atoms with Crippen LogP contribution in [0.5, 0.6) is 0 Å². The van der Waals surface area contributed by atoms with Gasteiger partial charge >= 0.3 is 0 Å². The monoisotopic (exact) mass is 437 g/mol. The molecule has 1 aromatic heterocycles. The highest BCUT2D eigenvalue weighted by Crippen LogP contribution is 2.29. The molecule has 0 bridgehead atoms. The van der Waals surface area contributed by atoms with Gasteiger partial charge in [-0.05, 0) is 25.0 Å². The molecule has 4 rings (SSSR count). The van der Waals surface area contributed by atoms with E-state index in [-0.39, 0.29) is 22.5 Å². The molecule has 1 atom stereocenters. The lowest BCUT2D eigenvalue weighted by molar-refractivity contribution is -0.384. The summed E-state index contributed by atoms with van der Waals surface area (Å²) in [4.78, 5) is 34.2. The highest BCUT2D eigenvalue weighted by molar-refractivity contribution is 6.32. The maximum atomic E-state index is 12.8. The number of aromatic nitrogens is 2. The number of nitro benzene ring substituents is 1. The molecule has 2 aromatic carbocycles. The van der Waals surface area contributed by atoms with E-state index >= 15 is 0 Å². The van der Waals surface area contributed by atoms with E-state index in [4.69, 9.17) is 11.6 Å². The van der Waals surface area contributed by atoms with E-state index in [0.29, 0.717) is 12.2 Å². The molecule has 8 nitrogen and oxygen atoms in total. The van der Waals surface area contributed by atoms with Gasteiger partial charge in [-0.25, -0.2) is 9.97 Å². The van der Waals surface area contributed by atoms with Gasteiger partial charge in [-0.3, -0.25) is 14.9 Å². The number of rotatable bonds is 5. The molecule has 1 N–H and O–H groups in total. The third kappa shape index (κ3) is 4.80. The maximum Gasteiger partial charge on any atom is 0.289 e. The number of amides is 1. The van der Waals surface area contributed by atoms with Crippen molar-refractivity contribution >= 4 is 34.7 Å². The summed E-state index contributed by atoms with van der Waals surface area (Å²) in [6.45, 7) is 1.30. The Kier molecular flexibility index (Phi) is 6.08. The molecule has 1 aliphatic rings. The van der Waals surface area contributed by atoms with E-state index in [1.54, 1.807) is 6.07 Å². The molecule has 1 unspecified atom stereocenters. The molecule has 1 amide bonds. The summed E-state index contributed by atoms with van der Waals surface area (Å²) in [5.41, 5.74) is 1.94. The number of anilines is 2. The van der Waals surface area contributed by atoms with Crippen molar-refractivity contribution in [2.45, 2.75) is 12.8 Å². The van der Waals surface area contributed by atoms with Crippen molar-refractivity contribution in [1.29, 1.82) is 0 Å². The van der Waals surface area contributed by atoms with Crippen LogP contribution in [0, 0.1) is 16.0 Å². The Morgan fingerprint density at radius 1 is 1.16 bits per heavy atom. The fourth-order valence-corrected chi connectivity index (χ4v) is 3.85. The molecular weight excluding hydrogens is 418 g/mol. The minimum atomic E-state index is -0.570. The fourth-order valence-electron chi connectivity index (χ4n) is 3.66. The van der Waals surface area contributed by atoms with Crippen LogP contribution in [0.2, 0.25) is 5.02 Å². The van der Waals surface area contributed by atoms with Crippen LogP contribution in [0.4, 0.5) is 17.2 Å². The second-order valence-corrected chi connectivity index (χ2v) is 7.73. The normalized spacial score (nSPS) is 16.0. The molecule has 0 saturated carbocycles. The molecule has 1 aliphatic heterocycles. The first-order chi connectivity index (χ1) is 15.0. The lowest BCUT2D eigenvalue weighted by Gasteiger charge is -2.33. The largest absolute Gasteiger partial charge is 0.356 e. The van der Waals surface area contributed by atoms with Gasteiger partial charge in [-0.15, -0.1) is 0 Å². The van der Waals surface area contributed by atoms with Crippen LogP contribution < -0.4 is 10.2 Å². The van der Waals surface area contributed by atoms with Crippen molar-refractivity contribution < 1.29 is 9.72 Å². The zero-order valence-electron chi connectivity index (χ0n) is 16.6. The van der Waals surface area contributed by atoms with E-state index < -0.39 is 4.92 Å². The van der Waals surface area contributed by atoms with Gasteiger partial charge in [0.15, 0.2) is 0 Å². The highest BCUT2D eigenvalue weighted by atomic mass is 35.5. The van der Waals surface area contributed by atoms with Crippen LogP contribution >= 0.6 is 11.6 Å². The van der Waals surface area contributed by atoms with Crippen LogP contribution in [0.1, 0.15) is 12.8 Å². The van der Waals surface area contributed by atoms with Gasteiger partial charge in [0, 0.05) is 36.5 Å². The summed E-state index contributed by atoms with van der Waals surface area (Å²) >= 11 is 5.85. The average molecular weight is 438 g/mol. The number of carbonyl (C=O) groups is 1. The Labute approximate surface area is 184 Å². The molecular formula is C22H20ClN5O3. The van der Waals surface area contributed by atoms with Crippen molar-refractivity contribution in [3.05, 3.63) is 76.1 Å². The van der Waals surface area contributed by atoms with Gasteiger partial charge in [0.05, 0.1) is 16.5 Å². The van der Waals surface area contributed by atoms with Crippen LogP contribution in [0.25, 0.3) is 11.3 Å². The third-order valence-electron chi connectivity index (χ3n) is 5.25. The Morgan fingerprint density at radius 3 is 2.74 bits per heavy atom. The topological polar surface area (TPSA) is 101 Å². The number of nitrogens with one attached hydrogen (secondary N) is 1. The first kappa shape index (κ1) is 20.7. The van der Waals surface area contributed by atoms with Crippen molar-refractivity contribution in [3.8, 4) is 11.3 Å². The number of carbonyl (C=O) groups excluding carboxylic acids is 1. The highest BCUT2D eigenvalue weighted by Gasteiger charge is 2.27. The summed E-state index contributed by atoms with van der Waals surface area (Å²) in [6.07, 6.45) is 3.10. The van der Waals surface area contributed by atoms with Crippen molar-refractivity contribution in [2.24, 2.45) is 5.92 Å². The van der Waals surface area contributed by atoms with Crippen molar-refractivity contribution in [2.75, 3.05) is 23.3 Å². The molecule has 3 aromatic rings. The molecule has 9 heteroatoms. The Bertz CT molecular complexity index is 1110. The number of halogens is 1. The first-order valence-corrected chi connectivity index (χ1v) is 10.3. The van der Waals surface area contributed by atoms with Gasteiger partial charge in [-0.1, -0.05) is 41.9 Å². The van der Waals surface area contributed by atoms with Gasteiger partial charge in [0.25, 0.3) is 5.69 Å². The standard InChI is InChI=1S/C22H20ClN5O3/c23-18-9-8-17(11-20(18)28(30)31)26-22(29)16-7-4-10-27(13-16)21-12-19(24-14-25-21)15-5-2-1-3-6-15/h1-3,5-6,8-9,11-12,14,16H,4,7,10,13H2,(H,26,29). The van der Waals surface area contributed by atoms with E-state index in [1.165, 1.54) is 18.5 Å². The van der Waals surface area contributed by atoms with Crippen LogP contribution in [0.3, 0.4) is 0 Å². The van der Waals surface area contributed by atoms with Crippen molar-refractivity contribution in [3.63, 3.8) is 0 Å². The number of piperidine rings is 1.